The number of hydrogen-bond acceptors (Lipinski definition) is 0. The summed E-state index contributed by atoms with van der Waals surface area (Å²) >= 11 is 6.04. The Morgan fingerprint density at radius 1 is 0.889 bits per heavy atom. The van der Waals surface area contributed by atoms with Gasteiger partial charge in [0.15, 0.2) is 0 Å². The molecule has 0 atom stereocenters. The van der Waals surface area contributed by atoms with E-state index in [1.54, 1.807) is 5.56 Å². The highest BCUT2D eigenvalue weighted by Gasteiger charge is 2.18. The molecule has 2 aromatic carbocycles. The lowest BCUT2D eigenvalue weighted by atomic mass is 9.81. The Morgan fingerprint density at radius 2 is 1.61 bits per heavy atom. The van der Waals surface area contributed by atoms with E-state index in [4.69, 9.17) is 11.6 Å². The number of alkyl halides is 1. The van der Waals surface area contributed by atoms with Gasteiger partial charge in [0.2, 0.25) is 0 Å². The molecule has 0 nitrogen and oxygen atoms in total. The summed E-state index contributed by atoms with van der Waals surface area (Å²) in [5.41, 5.74) is 2.80. The molecule has 0 bridgehead atoms. The van der Waals surface area contributed by atoms with Crippen LogP contribution in [0.3, 0.4) is 0 Å². The molecule has 94 valence electrons. The molecule has 2 aromatic rings. The molecule has 1 saturated carbocycles. The second-order valence-corrected chi connectivity index (χ2v) is 5.60. The SMILES string of the molecule is ClCc1ccc(C2CCCCC2)c2ccccc12. The van der Waals surface area contributed by atoms with Gasteiger partial charge in [-0.3, -0.25) is 0 Å². The molecule has 0 spiro atoms. The fourth-order valence-electron chi connectivity index (χ4n) is 3.27. The fraction of sp³-hybridized carbons (Fsp3) is 0.412. The van der Waals surface area contributed by atoms with Crippen LogP contribution in [0.2, 0.25) is 0 Å². The molecular formula is C17H19Cl. The standard InChI is InChI=1S/C17H19Cl/c18-12-14-10-11-16(13-6-2-1-3-7-13)17-9-5-4-8-15(14)17/h4-5,8-11,13H,1-3,6-7,12H2. The maximum absolute atomic E-state index is 6.04. The molecule has 1 fully saturated rings. The van der Waals surface area contributed by atoms with Crippen LogP contribution < -0.4 is 0 Å². The predicted octanol–water partition coefficient (Wildman–Crippen LogP) is 5.63. The van der Waals surface area contributed by atoms with Crippen molar-refractivity contribution in [3.05, 3.63) is 47.5 Å². The number of fused-ring (bicyclic) bond motifs is 1. The first-order valence-corrected chi connectivity index (χ1v) is 7.50. The number of benzene rings is 2. The van der Waals surface area contributed by atoms with Crippen molar-refractivity contribution in [2.45, 2.75) is 43.9 Å². The molecular weight excluding hydrogens is 240 g/mol. The van der Waals surface area contributed by atoms with E-state index in [0.29, 0.717) is 5.88 Å². The van der Waals surface area contributed by atoms with Gasteiger partial charge in [-0.2, -0.15) is 0 Å². The molecule has 1 aliphatic carbocycles. The summed E-state index contributed by atoms with van der Waals surface area (Å²) in [6.07, 6.45) is 6.88. The maximum atomic E-state index is 6.04. The lowest BCUT2D eigenvalue weighted by Crippen LogP contribution is -2.05. The van der Waals surface area contributed by atoms with Crippen molar-refractivity contribution in [2.75, 3.05) is 0 Å². The predicted molar refractivity (Wildman–Crippen MR) is 79.3 cm³/mol. The van der Waals surface area contributed by atoms with Gasteiger partial charge < -0.3 is 0 Å². The highest BCUT2D eigenvalue weighted by atomic mass is 35.5. The van der Waals surface area contributed by atoms with Gasteiger partial charge in [0.25, 0.3) is 0 Å². The van der Waals surface area contributed by atoms with E-state index in [-0.39, 0.29) is 0 Å². The van der Waals surface area contributed by atoms with Gasteiger partial charge in [0, 0.05) is 5.88 Å². The minimum absolute atomic E-state index is 0.603. The van der Waals surface area contributed by atoms with Crippen LogP contribution in [0.15, 0.2) is 36.4 Å². The van der Waals surface area contributed by atoms with E-state index in [1.807, 2.05) is 0 Å². The summed E-state index contributed by atoms with van der Waals surface area (Å²) in [5.74, 6) is 1.36. The van der Waals surface area contributed by atoms with Crippen molar-refractivity contribution in [3.63, 3.8) is 0 Å². The van der Waals surface area contributed by atoms with Gasteiger partial charge >= 0.3 is 0 Å². The fourth-order valence-corrected chi connectivity index (χ4v) is 3.50. The summed E-state index contributed by atoms with van der Waals surface area (Å²) < 4.78 is 0. The molecule has 0 aromatic heterocycles. The molecule has 0 N–H and O–H groups in total. The van der Waals surface area contributed by atoms with Gasteiger partial charge in [-0.1, -0.05) is 55.7 Å². The number of rotatable bonds is 2. The summed E-state index contributed by atoms with van der Waals surface area (Å²) in [4.78, 5) is 0. The Morgan fingerprint density at radius 3 is 2.33 bits per heavy atom. The molecule has 0 saturated heterocycles. The van der Waals surface area contributed by atoms with E-state index in [0.717, 1.165) is 5.92 Å². The van der Waals surface area contributed by atoms with Gasteiger partial charge in [-0.25, -0.2) is 0 Å². The first-order valence-electron chi connectivity index (χ1n) is 6.96. The smallest absolute Gasteiger partial charge is 0.0480 e. The van der Waals surface area contributed by atoms with E-state index >= 15 is 0 Å². The summed E-state index contributed by atoms with van der Waals surface area (Å²) in [5, 5.41) is 2.76. The number of halogens is 1. The highest BCUT2D eigenvalue weighted by molar-refractivity contribution is 6.18. The summed E-state index contributed by atoms with van der Waals surface area (Å²) in [7, 11) is 0. The van der Waals surface area contributed by atoms with Crippen molar-refractivity contribution < 1.29 is 0 Å². The molecule has 1 aliphatic rings. The Balaban J connectivity index is 2.12. The molecule has 0 aliphatic heterocycles. The van der Waals surface area contributed by atoms with Crippen LogP contribution in [-0.4, -0.2) is 0 Å². The average molecular weight is 259 g/mol. The lowest BCUT2D eigenvalue weighted by molar-refractivity contribution is 0.445. The van der Waals surface area contributed by atoms with Gasteiger partial charge in [-0.05, 0) is 40.7 Å². The molecule has 18 heavy (non-hydrogen) atoms. The highest BCUT2D eigenvalue weighted by Crippen LogP contribution is 2.37. The van der Waals surface area contributed by atoms with Crippen molar-refractivity contribution in [3.8, 4) is 0 Å². The van der Waals surface area contributed by atoms with Crippen molar-refractivity contribution in [1.82, 2.24) is 0 Å². The van der Waals surface area contributed by atoms with E-state index in [9.17, 15) is 0 Å². The quantitative estimate of drug-likeness (QED) is 0.613. The Labute approximate surface area is 114 Å². The van der Waals surface area contributed by atoms with E-state index < -0.39 is 0 Å². The second kappa shape index (κ2) is 5.32. The van der Waals surface area contributed by atoms with Crippen LogP contribution >= 0.6 is 11.6 Å². The van der Waals surface area contributed by atoms with Gasteiger partial charge in [0.1, 0.15) is 0 Å². The summed E-state index contributed by atoms with van der Waals surface area (Å²) in [6, 6.07) is 13.3. The second-order valence-electron chi connectivity index (χ2n) is 5.33. The molecule has 0 amide bonds. The van der Waals surface area contributed by atoms with Crippen molar-refractivity contribution in [1.29, 1.82) is 0 Å². The Hall–Kier alpha value is -1.01. The van der Waals surface area contributed by atoms with Gasteiger partial charge in [-0.15, -0.1) is 11.6 Å². The van der Waals surface area contributed by atoms with Crippen molar-refractivity contribution >= 4 is 22.4 Å². The molecule has 1 heteroatoms. The Kier molecular flexibility index (Phi) is 3.56. The normalized spacial score (nSPS) is 17.2. The van der Waals surface area contributed by atoms with E-state index in [1.165, 1.54) is 48.4 Å². The van der Waals surface area contributed by atoms with E-state index in [2.05, 4.69) is 36.4 Å². The van der Waals surface area contributed by atoms with Crippen LogP contribution in [0.25, 0.3) is 10.8 Å². The van der Waals surface area contributed by atoms with Crippen LogP contribution in [0.5, 0.6) is 0 Å². The van der Waals surface area contributed by atoms with Crippen LogP contribution in [-0.2, 0) is 5.88 Å². The van der Waals surface area contributed by atoms with Crippen molar-refractivity contribution in [2.24, 2.45) is 0 Å². The van der Waals surface area contributed by atoms with Crippen LogP contribution in [0.4, 0.5) is 0 Å². The molecule has 3 rings (SSSR count). The largest absolute Gasteiger partial charge is 0.122 e. The average Bonchev–Trinajstić information content (AvgIpc) is 2.47. The molecule has 0 radical (unpaired) electrons. The zero-order chi connectivity index (χ0) is 12.4. The maximum Gasteiger partial charge on any atom is 0.0480 e. The third kappa shape index (κ3) is 2.14. The lowest BCUT2D eigenvalue weighted by Gasteiger charge is -2.24. The zero-order valence-electron chi connectivity index (χ0n) is 10.7. The third-order valence-corrected chi connectivity index (χ3v) is 4.52. The first kappa shape index (κ1) is 12.0. The third-order valence-electron chi connectivity index (χ3n) is 4.24. The zero-order valence-corrected chi connectivity index (χ0v) is 11.4. The summed E-state index contributed by atoms with van der Waals surface area (Å²) in [6.45, 7) is 0. The monoisotopic (exact) mass is 258 g/mol. The molecule has 0 heterocycles. The minimum atomic E-state index is 0.603. The van der Waals surface area contributed by atoms with Crippen LogP contribution in [0.1, 0.15) is 49.1 Å². The first-order chi connectivity index (χ1) is 8.90. The minimum Gasteiger partial charge on any atom is -0.122 e. The molecule has 0 unspecified atom stereocenters. The van der Waals surface area contributed by atoms with Crippen LogP contribution in [0, 0.1) is 0 Å². The Bertz CT molecular complexity index is 538. The topological polar surface area (TPSA) is 0 Å². The number of hydrogen-bond donors (Lipinski definition) is 0. The van der Waals surface area contributed by atoms with Gasteiger partial charge in [0.05, 0.1) is 0 Å².